The van der Waals surface area contributed by atoms with Crippen LogP contribution in [-0.2, 0) is 11.2 Å². The minimum atomic E-state index is 0.0514. The van der Waals surface area contributed by atoms with Crippen molar-refractivity contribution in [3.05, 3.63) is 29.8 Å². The Kier molecular flexibility index (Phi) is 6.26. The van der Waals surface area contributed by atoms with E-state index >= 15 is 0 Å². The second kappa shape index (κ2) is 7.75. The van der Waals surface area contributed by atoms with Crippen molar-refractivity contribution in [2.75, 3.05) is 11.9 Å². The van der Waals surface area contributed by atoms with Crippen molar-refractivity contribution in [1.82, 2.24) is 5.32 Å². The lowest BCUT2D eigenvalue weighted by molar-refractivity contribution is -0.120. The molecule has 0 saturated carbocycles. The Morgan fingerprint density at radius 3 is 2.44 bits per heavy atom. The van der Waals surface area contributed by atoms with Crippen molar-refractivity contribution in [2.24, 2.45) is 0 Å². The van der Waals surface area contributed by atoms with Crippen molar-refractivity contribution < 1.29 is 4.79 Å². The summed E-state index contributed by atoms with van der Waals surface area (Å²) in [6.45, 7) is 6.62. The average molecular weight is 248 g/mol. The van der Waals surface area contributed by atoms with E-state index in [1.165, 1.54) is 5.56 Å². The lowest BCUT2D eigenvalue weighted by Gasteiger charge is -2.13. The topological polar surface area (TPSA) is 41.1 Å². The minimum absolute atomic E-state index is 0.0514. The zero-order valence-electron chi connectivity index (χ0n) is 11.6. The largest absolute Gasteiger partial charge is 0.376 e. The highest BCUT2D eigenvalue weighted by Gasteiger charge is 2.05. The molecule has 0 heterocycles. The van der Waals surface area contributed by atoms with Crippen LogP contribution in [0.1, 0.15) is 39.2 Å². The van der Waals surface area contributed by atoms with Crippen LogP contribution in [0.5, 0.6) is 0 Å². The summed E-state index contributed by atoms with van der Waals surface area (Å²) < 4.78 is 0. The molecule has 0 aliphatic heterocycles. The van der Waals surface area contributed by atoms with Gasteiger partial charge in [-0.05, 0) is 37.5 Å². The number of carbonyl (C=O) groups is 1. The van der Waals surface area contributed by atoms with Gasteiger partial charge in [0.2, 0.25) is 5.91 Å². The predicted molar refractivity (Wildman–Crippen MR) is 76.8 cm³/mol. The summed E-state index contributed by atoms with van der Waals surface area (Å²) in [5.41, 5.74) is 2.30. The van der Waals surface area contributed by atoms with Gasteiger partial charge in [-0.25, -0.2) is 0 Å². The van der Waals surface area contributed by atoms with E-state index in [2.05, 4.69) is 36.6 Å². The Bertz CT molecular complexity index is 359. The van der Waals surface area contributed by atoms with Gasteiger partial charge in [-0.15, -0.1) is 0 Å². The molecular formula is C15H24N2O. The number of benzene rings is 1. The second-order valence-electron chi connectivity index (χ2n) is 4.66. The van der Waals surface area contributed by atoms with Crippen LogP contribution in [0.4, 0.5) is 5.69 Å². The van der Waals surface area contributed by atoms with E-state index in [-0.39, 0.29) is 11.9 Å². The van der Waals surface area contributed by atoms with Crippen molar-refractivity contribution in [1.29, 1.82) is 0 Å². The van der Waals surface area contributed by atoms with E-state index in [1.807, 2.05) is 19.1 Å². The third kappa shape index (κ3) is 5.21. The SMILES string of the molecule is CCCC(C)NC(=O)CNc1ccc(CC)cc1. The van der Waals surface area contributed by atoms with Crippen LogP contribution < -0.4 is 10.6 Å². The van der Waals surface area contributed by atoms with Crippen LogP contribution in [0.15, 0.2) is 24.3 Å². The maximum Gasteiger partial charge on any atom is 0.239 e. The van der Waals surface area contributed by atoms with E-state index in [0.29, 0.717) is 6.54 Å². The van der Waals surface area contributed by atoms with Gasteiger partial charge < -0.3 is 10.6 Å². The fraction of sp³-hybridized carbons (Fsp3) is 0.533. The molecule has 0 aliphatic carbocycles. The molecule has 0 aromatic heterocycles. The fourth-order valence-electron chi connectivity index (χ4n) is 1.87. The molecule has 0 saturated heterocycles. The highest BCUT2D eigenvalue weighted by Crippen LogP contribution is 2.09. The first-order valence-electron chi connectivity index (χ1n) is 6.77. The Morgan fingerprint density at radius 2 is 1.89 bits per heavy atom. The van der Waals surface area contributed by atoms with Gasteiger partial charge in [-0.1, -0.05) is 32.4 Å². The summed E-state index contributed by atoms with van der Waals surface area (Å²) in [7, 11) is 0. The minimum Gasteiger partial charge on any atom is -0.376 e. The number of hydrogen-bond donors (Lipinski definition) is 2. The number of carbonyl (C=O) groups excluding carboxylic acids is 1. The molecule has 1 atom stereocenters. The number of rotatable bonds is 7. The normalized spacial score (nSPS) is 11.9. The summed E-state index contributed by atoms with van der Waals surface area (Å²) in [5, 5.41) is 6.10. The molecule has 100 valence electrons. The molecule has 1 aromatic carbocycles. The summed E-state index contributed by atoms with van der Waals surface area (Å²) in [5.74, 6) is 0.0514. The maximum atomic E-state index is 11.7. The lowest BCUT2D eigenvalue weighted by atomic mass is 10.1. The lowest BCUT2D eigenvalue weighted by Crippen LogP contribution is -2.36. The first-order valence-corrected chi connectivity index (χ1v) is 6.77. The molecule has 0 fully saturated rings. The summed E-state index contributed by atoms with van der Waals surface area (Å²) in [4.78, 5) is 11.7. The van der Waals surface area contributed by atoms with Gasteiger partial charge in [-0.3, -0.25) is 4.79 Å². The van der Waals surface area contributed by atoms with E-state index in [1.54, 1.807) is 0 Å². The van der Waals surface area contributed by atoms with Gasteiger partial charge in [0, 0.05) is 11.7 Å². The Hall–Kier alpha value is -1.51. The molecular weight excluding hydrogens is 224 g/mol. The predicted octanol–water partition coefficient (Wildman–Crippen LogP) is 2.97. The molecule has 3 nitrogen and oxygen atoms in total. The molecule has 3 heteroatoms. The maximum absolute atomic E-state index is 11.7. The van der Waals surface area contributed by atoms with Gasteiger partial charge in [0.25, 0.3) is 0 Å². The number of amides is 1. The average Bonchev–Trinajstić information content (AvgIpc) is 2.37. The van der Waals surface area contributed by atoms with Crippen molar-refractivity contribution in [3.63, 3.8) is 0 Å². The van der Waals surface area contributed by atoms with Crippen molar-refractivity contribution in [2.45, 2.75) is 46.1 Å². The van der Waals surface area contributed by atoms with Crippen LogP contribution in [0, 0.1) is 0 Å². The Morgan fingerprint density at radius 1 is 1.22 bits per heavy atom. The molecule has 0 radical (unpaired) electrons. The van der Waals surface area contributed by atoms with Crippen LogP contribution >= 0.6 is 0 Å². The van der Waals surface area contributed by atoms with Crippen LogP contribution in [-0.4, -0.2) is 18.5 Å². The smallest absolute Gasteiger partial charge is 0.239 e. The van der Waals surface area contributed by atoms with Gasteiger partial charge in [0.1, 0.15) is 0 Å². The standard InChI is InChI=1S/C15H24N2O/c1-4-6-12(3)17-15(18)11-16-14-9-7-13(5-2)8-10-14/h7-10,12,16H,4-6,11H2,1-3H3,(H,17,18). The quantitative estimate of drug-likeness (QED) is 0.779. The Labute approximate surface area is 110 Å². The highest BCUT2D eigenvalue weighted by atomic mass is 16.1. The summed E-state index contributed by atoms with van der Waals surface area (Å²) in [6.07, 6.45) is 3.15. The van der Waals surface area contributed by atoms with Crippen LogP contribution in [0.3, 0.4) is 0 Å². The Balaban J connectivity index is 2.33. The molecule has 1 rings (SSSR count). The molecule has 0 spiro atoms. The van der Waals surface area contributed by atoms with Gasteiger partial charge in [0.15, 0.2) is 0 Å². The third-order valence-corrected chi connectivity index (χ3v) is 2.94. The third-order valence-electron chi connectivity index (χ3n) is 2.94. The first kappa shape index (κ1) is 14.6. The van der Waals surface area contributed by atoms with Crippen LogP contribution in [0.25, 0.3) is 0 Å². The van der Waals surface area contributed by atoms with Gasteiger partial charge in [0.05, 0.1) is 6.54 Å². The monoisotopic (exact) mass is 248 g/mol. The molecule has 0 aliphatic rings. The zero-order valence-corrected chi connectivity index (χ0v) is 11.6. The molecule has 2 N–H and O–H groups in total. The molecule has 18 heavy (non-hydrogen) atoms. The molecule has 1 aromatic rings. The molecule has 0 bridgehead atoms. The van der Waals surface area contributed by atoms with Crippen LogP contribution in [0.2, 0.25) is 0 Å². The van der Waals surface area contributed by atoms with E-state index < -0.39 is 0 Å². The van der Waals surface area contributed by atoms with Gasteiger partial charge in [-0.2, -0.15) is 0 Å². The summed E-state index contributed by atoms with van der Waals surface area (Å²) in [6, 6.07) is 8.45. The van der Waals surface area contributed by atoms with Crippen molar-refractivity contribution in [3.8, 4) is 0 Å². The molecule has 1 unspecified atom stereocenters. The van der Waals surface area contributed by atoms with E-state index in [4.69, 9.17) is 0 Å². The van der Waals surface area contributed by atoms with Crippen molar-refractivity contribution >= 4 is 11.6 Å². The number of hydrogen-bond acceptors (Lipinski definition) is 2. The zero-order chi connectivity index (χ0) is 13.4. The molecule has 1 amide bonds. The first-order chi connectivity index (χ1) is 8.65. The van der Waals surface area contributed by atoms with E-state index in [0.717, 1.165) is 24.9 Å². The number of nitrogens with one attached hydrogen (secondary N) is 2. The fourth-order valence-corrected chi connectivity index (χ4v) is 1.87. The van der Waals surface area contributed by atoms with Gasteiger partial charge >= 0.3 is 0 Å². The number of aryl methyl sites for hydroxylation is 1. The number of anilines is 1. The van der Waals surface area contributed by atoms with E-state index in [9.17, 15) is 4.79 Å². The second-order valence-corrected chi connectivity index (χ2v) is 4.66. The summed E-state index contributed by atoms with van der Waals surface area (Å²) >= 11 is 0. The highest BCUT2D eigenvalue weighted by molar-refractivity contribution is 5.80.